The molecular weight excluding hydrogens is 266 g/mol. The molecule has 0 amide bonds. The molecule has 4 nitrogen and oxygen atoms in total. The van der Waals surface area contributed by atoms with Crippen LogP contribution in [0.5, 0.6) is 0 Å². The molecule has 0 heterocycles. The molecule has 21 heavy (non-hydrogen) atoms. The number of carbonyl (C=O) groups is 1. The zero-order valence-electron chi connectivity index (χ0n) is 15.2. The smallest absolute Gasteiger partial charge is 0.105 e. The lowest BCUT2D eigenvalue weighted by atomic mass is 9.80. The molecule has 0 radical (unpaired) electrons. The molecule has 1 atom stereocenters. The zero-order chi connectivity index (χ0) is 17.1. The second kappa shape index (κ2) is 11.0. The predicted molar refractivity (Wildman–Crippen MR) is 86.7 cm³/mol. The van der Waals surface area contributed by atoms with E-state index in [2.05, 4.69) is 20.8 Å². The maximum absolute atomic E-state index is 10.6. The number of aliphatic hydroxyl groups is 1. The first-order chi connectivity index (χ1) is 9.72. The summed E-state index contributed by atoms with van der Waals surface area (Å²) in [5, 5.41) is 19.9. The largest absolute Gasteiger partial charge is 0.550 e. The van der Waals surface area contributed by atoms with Crippen LogP contribution in [0, 0.1) is 5.41 Å². The molecule has 0 fully saturated rings. The number of aliphatic carboxylic acids is 1. The Bertz CT molecular complexity index is 253. The Labute approximate surface area is 131 Å². The van der Waals surface area contributed by atoms with Crippen LogP contribution < -0.4 is 5.11 Å². The summed E-state index contributed by atoms with van der Waals surface area (Å²) in [4.78, 5) is 10.6. The minimum absolute atomic E-state index is 0.171. The topological polar surface area (TPSA) is 60.4 Å². The number of carbonyl (C=O) groups excluding carboxylic acids is 1. The van der Waals surface area contributed by atoms with Gasteiger partial charge in [0.15, 0.2) is 0 Å². The van der Waals surface area contributed by atoms with E-state index in [-0.39, 0.29) is 6.10 Å². The molecule has 0 aromatic carbocycles. The van der Waals surface area contributed by atoms with Crippen LogP contribution in [0.3, 0.4) is 0 Å². The molecule has 1 N–H and O–H groups in total. The molecule has 0 rings (SSSR count). The van der Waals surface area contributed by atoms with E-state index in [1.807, 2.05) is 27.7 Å². The van der Waals surface area contributed by atoms with Crippen molar-refractivity contribution >= 4 is 5.97 Å². The van der Waals surface area contributed by atoms with Gasteiger partial charge < -0.3 is 19.5 Å². The lowest BCUT2D eigenvalue weighted by Gasteiger charge is -2.36. The molecule has 0 aromatic heterocycles. The van der Waals surface area contributed by atoms with Crippen LogP contribution >= 0.6 is 0 Å². The van der Waals surface area contributed by atoms with Crippen molar-refractivity contribution < 1.29 is 19.5 Å². The molecule has 0 aromatic rings. The second-order valence-corrected chi connectivity index (χ2v) is 5.95. The minimum Gasteiger partial charge on any atom is -0.550 e. The third-order valence-electron chi connectivity index (χ3n) is 5.13. The third kappa shape index (κ3) is 7.28. The Morgan fingerprint density at radius 3 is 1.38 bits per heavy atom. The number of aliphatic hydroxyl groups excluding tert-OH is 1. The molecule has 4 heteroatoms. The first kappa shape index (κ1) is 22.7. The van der Waals surface area contributed by atoms with Crippen LogP contribution in [0.4, 0.5) is 0 Å². The molecule has 0 spiro atoms. The van der Waals surface area contributed by atoms with Gasteiger partial charge in [-0.15, -0.1) is 0 Å². The van der Waals surface area contributed by atoms with E-state index >= 15 is 0 Å². The van der Waals surface area contributed by atoms with Crippen molar-refractivity contribution in [2.75, 3.05) is 26.2 Å². The summed E-state index contributed by atoms with van der Waals surface area (Å²) >= 11 is 0. The number of hydrogen-bond acceptors (Lipinski definition) is 3. The van der Waals surface area contributed by atoms with Gasteiger partial charge in [-0.25, -0.2) is 0 Å². The van der Waals surface area contributed by atoms with Gasteiger partial charge in [-0.05, 0) is 47.0 Å². The summed E-state index contributed by atoms with van der Waals surface area (Å²) in [6.07, 6.45) is 1.84. The SMILES string of the molecule is CCC(CC)(CC)C(=O)[O-].CC[N+](CC)(CC)CC(C)O. The van der Waals surface area contributed by atoms with Gasteiger partial charge in [-0.3, -0.25) is 0 Å². The Kier molecular flexibility index (Phi) is 11.9. The van der Waals surface area contributed by atoms with Gasteiger partial charge in [0.1, 0.15) is 12.6 Å². The maximum atomic E-state index is 10.6. The highest BCUT2D eigenvalue weighted by atomic mass is 16.4. The van der Waals surface area contributed by atoms with E-state index in [4.69, 9.17) is 0 Å². The van der Waals surface area contributed by atoms with E-state index in [9.17, 15) is 15.0 Å². The second-order valence-electron chi connectivity index (χ2n) is 5.95. The van der Waals surface area contributed by atoms with Crippen molar-refractivity contribution in [3.63, 3.8) is 0 Å². The van der Waals surface area contributed by atoms with Crippen LogP contribution in [0.25, 0.3) is 0 Å². The fourth-order valence-electron chi connectivity index (χ4n) is 2.80. The standard InChI is InChI=1S/C9H22NO.C8H16O2/c1-5-10(6-2,7-3)8-9(4)11;1-4-8(5-2,6-3)7(9)10/h9,11H,5-8H2,1-4H3;4-6H2,1-3H3,(H,9,10)/q+1;/p-1. The Morgan fingerprint density at radius 1 is 1.00 bits per heavy atom. The van der Waals surface area contributed by atoms with E-state index in [1.165, 1.54) is 0 Å². The van der Waals surface area contributed by atoms with Gasteiger partial charge in [-0.1, -0.05) is 20.8 Å². The highest BCUT2D eigenvalue weighted by Gasteiger charge is 2.24. The number of likely N-dealkylation sites (N-methyl/N-ethyl adjacent to an activating group) is 1. The van der Waals surface area contributed by atoms with Crippen molar-refractivity contribution in [1.29, 1.82) is 0 Å². The van der Waals surface area contributed by atoms with Crippen LogP contribution in [0.15, 0.2) is 0 Å². The van der Waals surface area contributed by atoms with Gasteiger partial charge in [0, 0.05) is 11.4 Å². The van der Waals surface area contributed by atoms with E-state index in [0.29, 0.717) is 19.3 Å². The van der Waals surface area contributed by atoms with Crippen LogP contribution in [0.1, 0.15) is 67.7 Å². The zero-order valence-corrected chi connectivity index (χ0v) is 15.2. The number of quaternary nitrogens is 1. The molecule has 0 saturated heterocycles. The quantitative estimate of drug-likeness (QED) is 0.664. The Hall–Kier alpha value is -0.610. The van der Waals surface area contributed by atoms with Gasteiger partial charge in [-0.2, -0.15) is 0 Å². The van der Waals surface area contributed by atoms with Gasteiger partial charge in [0.05, 0.1) is 19.6 Å². The lowest BCUT2D eigenvalue weighted by Crippen LogP contribution is -2.51. The van der Waals surface area contributed by atoms with Crippen molar-refractivity contribution in [3.8, 4) is 0 Å². The number of hydrogen-bond donors (Lipinski definition) is 1. The van der Waals surface area contributed by atoms with Crippen LogP contribution in [-0.4, -0.2) is 47.8 Å². The maximum Gasteiger partial charge on any atom is 0.105 e. The first-order valence-electron chi connectivity index (χ1n) is 8.47. The van der Waals surface area contributed by atoms with Crippen LogP contribution in [0.2, 0.25) is 0 Å². The fourth-order valence-corrected chi connectivity index (χ4v) is 2.80. The van der Waals surface area contributed by atoms with Crippen molar-refractivity contribution in [3.05, 3.63) is 0 Å². The lowest BCUT2D eigenvalue weighted by molar-refractivity contribution is -0.925. The Balaban J connectivity index is 0. The summed E-state index contributed by atoms with van der Waals surface area (Å²) in [7, 11) is 0. The van der Waals surface area contributed by atoms with Gasteiger partial charge in [0.25, 0.3) is 0 Å². The summed E-state index contributed by atoms with van der Waals surface area (Å²) in [5.41, 5.74) is -0.569. The normalized spacial score (nSPS) is 13.3. The highest BCUT2D eigenvalue weighted by Crippen LogP contribution is 2.28. The number of rotatable bonds is 9. The monoisotopic (exact) mass is 303 g/mol. The average Bonchev–Trinajstić information content (AvgIpc) is 2.47. The molecular formula is C17H37NO3. The molecule has 1 unspecified atom stereocenters. The minimum atomic E-state index is -0.903. The molecule has 0 aliphatic rings. The molecule has 0 bridgehead atoms. The third-order valence-corrected chi connectivity index (χ3v) is 5.13. The van der Waals surface area contributed by atoms with Gasteiger partial charge in [0.2, 0.25) is 0 Å². The molecule has 0 saturated carbocycles. The fraction of sp³-hybridized carbons (Fsp3) is 0.941. The molecule has 128 valence electrons. The number of carboxylic acid groups (broad SMARTS) is 1. The van der Waals surface area contributed by atoms with E-state index < -0.39 is 11.4 Å². The van der Waals surface area contributed by atoms with Crippen molar-refractivity contribution in [1.82, 2.24) is 0 Å². The predicted octanol–water partition coefficient (Wildman–Crippen LogP) is 2.20. The summed E-state index contributed by atoms with van der Waals surface area (Å²) < 4.78 is 1.04. The summed E-state index contributed by atoms with van der Waals surface area (Å²) in [5.74, 6) is -0.903. The van der Waals surface area contributed by atoms with E-state index in [0.717, 1.165) is 30.7 Å². The van der Waals surface area contributed by atoms with Crippen molar-refractivity contribution in [2.45, 2.75) is 73.8 Å². The molecule has 0 aliphatic carbocycles. The average molecular weight is 303 g/mol. The highest BCUT2D eigenvalue weighted by molar-refractivity contribution is 5.72. The number of carboxylic acids is 1. The van der Waals surface area contributed by atoms with Crippen LogP contribution in [-0.2, 0) is 4.79 Å². The number of nitrogens with zero attached hydrogens (tertiary/aromatic N) is 1. The van der Waals surface area contributed by atoms with E-state index in [1.54, 1.807) is 0 Å². The van der Waals surface area contributed by atoms with Gasteiger partial charge >= 0.3 is 0 Å². The Morgan fingerprint density at radius 2 is 1.33 bits per heavy atom. The molecule has 0 aliphatic heterocycles. The summed E-state index contributed by atoms with van der Waals surface area (Å²) in [6.45, 7) is 18.4. The summed E-state index contributed by atoms with van der Waals surface area (Å²) in [6, 6.07) is 0. The first-order valence-corrected chi connectivity index (χ1v) is 8.47. The van der Waals surface area contributed by atoms with Crippen molar-refractivity contribution in [2.24, 2.45) is 5.41 Å².